The van der Waals surface area contributed by atoms with Crippen LogP contribution in [-0.4, -0.2) is 29.3 Å². The fraction of sp³-hybridized carbons (Fsp3) is 0.545. The molecule has 1 atom stereocenters. The fourth-order valence-corrected chi connectivity index (χ4v) is 1.96. The van der Waals surface area contributed by atoms with Crippen molar-refractivity contribution in [2.45, 2.75) is 26.3 Å². The largest absolute Gasteiger partial charge is 0.396 e. The number of hydrogen-bond donors (Lipinski definition) is 3. The van der Waals surface area contributed by atoms with Gasteiger partial charge < -0.3 is 15.7 Å². The Morgan fingerprint density at radius 3 is 3.07 bits per heavy atom. The van der Waals surface area contributed by atoms with E-state index in [2.05, 4.69) is 28.6 Å². The third-order valence-electron chi connectivity index (χ3n) is 2.69. The molecule has 1 aromatic heterocycles. The second-order valence-electron chi connectivity index (χ2n) is 4.04. The summed E-state index contributed by atoms with van der Waals surface area (Å²) in [7, 11) is 0. The van der Waals surface area contributed by atoms with Crippen molar-refractivity contribution < 1.29 is 5.11 Å². The molecule has 0 radical (unpaired) electrons. The smallest absolute Gasteiger partial charge is 0.150 e. The summed E-state index contributed by atoms with van der Waals surface area (Å²) in [4.78, 5) is 4.45. The Labute approximate surface area is 89.7 Å². The first-order valence-corrected chi connectivity index (χ1v) is 5.30. The van der Waals surface area contributed by atoms with Crippen LogP contribution in [0.1, 0.15) is 17.7 Å². The summed E-state index contributed by atoms with van der Waals surface area (Å²) in [5, 5.41) is 15.6. The average molecular weight is 207 g/mol. The zero-order valence-electron chi connectivity index (χ0n) is 9.17. The Morgan fingerprint density at radius 1 is 1.53 bits per heavy atom. The summed E-state index contributed by atoms with van der Waals surface area (Å²) in [5.74, 6) is 0.914. The monoisotopic (exact) mass is 207 g/mol. The molecule has 4 nitrogen and oxygen atoms in total. The van der Waals surface area contributed by atoms with E-state index in [1.54, 1.807) is 0 Å². The van der Waals surface area contributed by atoms with Crippen LogP contribution in [0.2, 0.25) is 0 Å². The minimum absolute atomic E-state index is 0.208. The summed E-state index contributed by atoms with van der Waals surface area (Å²) < 4.78 is 0. The number of hydrogen-bond acceptors (Lipinski definition) is 4. The average Bonchev–Trinajstić information content (AvgIpc) is 2.17. The van der Waals surface area contributed by atoms with Crippen LogP contribution in [-0.2, 0) is 0 Å². The number of anilines is 2. The maximum atomic E-state index is 8.89. The Hall–Kier alpha value is -1.29. The fourth-order valence-electron chi connectivity index (χ4n) is 1.96. The van der Waals surface area contributed by atoms with E-state index < -0.39 is 0 Å². The van der Waals surface area contributed by atoms with Gasteiger partial charge in [-0.05, 0) is 31.9 Å². The molecule has 0 aromatic carbocycles. The highest BCUT2D eigenvalue weighted by Gasteiger charge is 2.19. The molecule has 1 aliphatic heterocycles. The lowest BCUT2D eigenvalue weighted by molar-refractivity contribution is 0.280. The first kappa shape index (κ1) is 10.2. The zero-order valence-corrected chi connectivity index (χ0v) is 9.17. The van der Waals surface area contributed by atoms with Crippen LogP contribution >= 0.6 is 0 Å². The van der Waals surface area contributed by atoms with Crippen molar-refractivity contribution in [2.24, 2.45) is 0 Å². The minimum Gasteiger partial charge on any atom is -0.396 e. The van der Waals surface area contributed by atoms with Gasteiger partial charge in [-0.3, -0.25) is 0 Å². The third-order valence-corrected chi connectivity index (χ3v) is 2.69. The molecule has 15 heavy (non-hydrogen) atoms. The van der Waals surface area contributed by atoms with Gasteiger partial charge in [-0.1, -0.05) is 0 Å². The predicted molar refractivity (Wildman–Crippen MR) is 61.3 cm³/mol. The lowest BCUT2D eigenvalue weighted by Crippen LogP contribution is -2.34. The van der Waals surface area contributed by atoms with E-state index in [4.69, 9.17) is 5.11 Å². The molecule has 1 unspecified atom stereocenters. The third kappa shape index (κ3) is 2.04. The number of fused-ring (bicyclic) bond motifs is 1. The molecular formula is C11H17N3O. The molecule has 0 bridgehead atoms. The first-order chi connectivity index (χ1) is 7.20. The molecule has 1 aromatic rings. The van der Waals surface area contributed by atoms with Crippen molar-refractivity contribution in [3.63, 3.8) is 0 Å². The summed E-state index contributed by atoms with van der Waals surface area (Å²) in [5.41, 5.74) is 3.33. The van der Waals surface area contributed by atoms with Crippen LogP contribution < -0.4 is 10.6 Å². The van der Waals surface area contributed by atoms with Crippen molar-refractivity contribution in [2.75, 3.05) is 23.8 Å². The molecule has 82 valence electrons. The van der Waals surface area contributed by atoms with Crippen molar-refractivity contribution >= 4 is 11.5 Å². The van der Waals surface area contributed by atoms with Crippen molar-refractivity contribution in [1.29, 1.82) is 0 Å². The number of nitrogens with one attached hydrogen (secondary N) is 2. The Bertz CT molecular complexity index is 365. The standard InChI is InChI=1S/C11H17N3O/c1-7-5-8(2)13-11-10(7)12-6-9(14-11)3-4-15/h5,9,12,15H,3-4,6H2,1-2H3,(H,13,14). The highest BCUT2D eigenvalue weighted by Crippen LogP contribution is 2.28. The van der Waals surface area contributed by atoms with Gasteiger partial charge in [0.2, 0.25) is 0 Å². The van der Waals surface area contributed by atoms with Gasteiger partial charge >= 0.3 is 0 Å². The second-order valence-corrected chi connectivity index (χ2v) is 4.04. The minimum atomic E-state index is 0.208. The molecule has 2 heterocycles. The topological polar surface area (TPSA) is 57.2 Å². The van der Waals surface area contributed by atoms with Gasteiger partial charge in [0.1, 0.15) is 5.82 Å². The number of rotatable bonds is 2. The van der Waals surface area contributed by atoms with Crippen molar-refractivity contribution in [3.8, 4) is 0 Å². The van der Waals surface area contributed by atoms with E-state index in [0.717, 1.165) is 30.2 Å². The van der Waals surface area contributed by atoms with Crippen LogP contribution in [0.25, 0.3) is 0 Å². The quantitative estimate of drug-likeness (QED) is 0.684. The normalized spacial score (nSPS) is 19.0. The molecule has 0 fully saturated rings. The molecular weight excluding hydrogens is 190 g/mol. The molecule has 0 saturated carbocycles. The van der Waals surface area contributed by atoms with Gasteiger partial charge in [0, 0.05) is 24.9 Å². The van der Waals surface area contributed by atoms with E-state index in [1.807, 2.05) is 6.92 Å². The van der Waals surface area contributed by atoms with Gasteiger partial charge in [0.15, 0.2) is 0 Å². The summed E-state index contributed by atoms with van der Waals surface area (Å²) in [6.07, 6.45) is 0.751. The van der Waals surface area contributed by atoms with Crippen LogP contribution in [0.5, 0.6) is 0 Å². The molecule has 0 spiro atoms. The maximum absolute atomic E-state index is 8.89. The lowest BCUT2D eigenvalue weighted by Gasteiger charge is -2.28. The Morgan fingerprint density at radius 2 is 2.33 bits per heavy atom. The molecule has 3 N–H and O–H groups in total. The predicted octanol–water partition coefficient (Wildman–Crippen LogP) is 1.29. The summed E-state index contributed by atoms with van der Waals surface area (Å²) in [6.45, 7) is 5.12. The Kier molecular flexibility index (Phi) is 2.77. The number of aromatic nitrogens is 1. The number of pyridine rings is 1. The number of nitrogens with zero attached hydrogens (tertiary/aromatic N) is 1. The van der Waals surface area contributed by atoms with E-state index in [9.17, 15) is 0 Å². The zero-order chi connectivity index (χ0) is 10.8. The number of aliphatic hydroxyl groups excluding tert-OH is 1. The van der Waals surface area contributed by atoms with Gasteiger partial charge in [0.05, 0.1) is 5.69 Å². The van der Waals surface area contributed by atoms with Crippen LogP contribution in [0.15, 0.2) is 6.07 Å². The SMILES string of the molecule is Cc1cc(C)c2c(n1)NC(CCO)CN2. The van der Waals surface area contributed by atoms with E-state index >= 15 is 0 Å². The summed E-state index contributed by atoms with van der Waals surface area (Å²) in [6, 6.07) is 2.34. The molecule has 0 amide bonds. The first-order valence-electron chi connectivity index (χ1n) is 5.30. The van der Waals surface area contributed by atoms with Crippen LogP contribution in [0.3, 0.4) is 0 Å². The molecule has 0 saturated heterocycles. The lowest BCUT2D eigenvalue weighted by atomic mass is 10.1. The van der Waals surface area contributed by atoms with E-state index in [1.165, 1.54) is 5.56 Å². The van der Waals surface area contributed by atoms with Crippen molar-refractivity contribution in [1.82, 2.24) is 4.98 Å². The van der Waals surface area contributed by atoms with Crippen molar-refractivity contribution in [3.05, 3.63) is 17.3 Å². The van der Waals surface area contributed by atoms with E-state index in [0.29, 0.717) is 0 Å². The number of aryl methyl sites for hydroxylation is 2. The van der Waals surface area contributed by atoms with Gasteiger partial charge in [-0.15, -0.1) is 0 Å². The summed E-state index contributed by atoms with van der Waals surface area (Å²) >= 11 is 0. The highest BCUT2D eigenvalue weighted by molar-refractivity contribution is 5.71. The molecule has 4 heteroatoms. The van der Waals surface area contributed by atoms with Gasteiger partial charge in [-0.25, -0.2) is 4.98 Å². The van der Waals surface area contributed by atoms with Crippen LogP contribution in [0.4, 0.5) is 11.5 Å². The van der Waals surface area contributed by atoms with E-state index in [-0.39, 0.29) is 12.6 Å². The molecule has 2 rings (SSSR count). The van der Waals surface area contributed by atoms with Gasteiger partial charge in [0.25, 0.3) is 0 Å². The number of aliphatic hydroxyl groups is 1. The maximum Gasteiger partial charge on any atom is 0.150 e. The van der Waals surface area contributed by atoms with Gasteiger partial charge in [-0.2, -0.15) is 0 Å². The Balaban J connectivity index is 2.25. The highest BCUT2D eigenvalue weighted by atomic mass is 16.3. The second kappa shape index (κ2) is 4.06. The molecule has 0 aliphatic carbocycles. The van der Waals surface area contributed by atoms with Crippen LogP contribution in [0, 0.1) is 13.8 Å². The molecule has 1 aliphatic rings.